The third kappa shape index (κ3) is 4.03. The topological polar surface area (TPSA) is 3.24 Å². The molecule has 0 aliphatic heterocycles. The molecule has 0 heterocycles. The van der Waals surface area contributed by atoms with Crippen LogP contribution in [0.1, 0.15) is 18.1 Å². The van der Waals surface area contributed by atoms with Crippen molar-refractivity contribution in [2.45, 2.75) is 13.8 Å². The maximum Gasteiger partial charge on any atom is 0.0493 e. The van der Waals surface area contributed by atoms with Crippen LogP contribution in [0.4, 0.5) is 0 Å². The number of nitrogens with zero attached hydrogens (tertiary/aromatic N) is 1. The molecule has 0 fully saturated rings. The highest BCUT2D eigenvalue weighted by Gasteiger charge is 2.05. The van der Waals surface area contributed by atoms with E-state index in [2.05, 4.69) is 44.3 Å². The lowest BCUT2D eigenvalue weighted by Gasteiger charge is -2.16. The fourth-order valence-electron chi connectivity index (χ4n) is 1.93. The maximum atomic E-state index is 5.50. The average molecular weight is 263 g/mol. The van der Waals surface area contributed by atoms with E-state index in [1.807, 2.05) is 31.2 Å². The highest BCUT2D eigenvalue weighted by molar-refractivity contribution is 5.77. The third-order valence-corrected chi connectivity index (χ3v) is 2.94. The Morgan fingerprint density at radius 3 is 2.65 bits per heavy atom. The van der Waals surface area contributed by atoms with Gasteiger partial charge in [0.25, 0.3) is 0 Å². The first kappa shape index (κ1) is 15.6. The molecule has 0 amide bonds. The lowest BCUT2D eigenvalue weighted by Crippen LogP contribution is -2.15. The SMILES string of the molecule is C#CN(CC=C)C(=C)/C=C(\C=C/C)c1ccccc1C. The van der Waals surface area contributed by atoms with Crippen molar-refractivity contribution in [3.8, 4) is 12.5 Å². The molecule has 0 aromatic heterocycles. The fraction of sp³-hybridized carbons (Fsp3) is 0.158. The second-order valence-electron chi connectivity index (χ2n) is 4.43. The Morgan fingerprint density at radius 2 is 2.10 bits per heavy atom. The zero-order valence-electron chi connectivity index (χ0n) is 12.3. The minimum absolute atomic E-state index is 0.586. The smallest absolute Gasteiger partial charge is 0.0493 e. The Bertz CT molecular complexity index is 582. The average Bonchev–Trinajstić information content (AvgIpc) is 2.44. The molecule has 0 atom stereocenters. The van der Waals surface area contributed by atoms with Crippen molar-refractivity contribution < 1.29 is 0 Å². The van der Waals surface area contributed by atoms with Gasteiger partial charge in [0.15, 0.2) is 0 Å². The monoisotopic (exact) mass is 263 g/mol. The number of aryl methyl sites for hydroxylation is 1. The normalized spacial score (nSPS) is 11.2. The summed E-state index contributed by atoms with van der Waals surface area (Å²) in [6, 6.07) is 10.9. The van der Waals surface area contributed by atoms with E-state index >= 15 is 0 Å². The van der Waals surface area contributed by atoms with E-state index in [0.717, 1.165) is 11.3 Å². The standard InChI is InChI=1S/C19H21N/c1-6-11-18(19-13-10-9-12-16(19)4)15-17(5)20(8-3)14-7-2/h3,6-7,9-13,15H,2,5,14H2,1,4H3/b11-6-,18-15+. The molecule has 1 aromatic rings. The molecule has 0 radical (unpaired) electrons. The molecule has 102 valence electrons. The molecule has 0 saturated carbocycles. The number of hydrogen-bond acceptors (Lipinski definition) is 1. The Morgan fingerprint density at radius 1 is 1.40 bits per heavy atom. The van der Waals surface area contributed by atoms with Crippen molar-refractivity contribution in [1.29, 1.82) is 0 Å². The summed E-state index contributed by atoms with van der Waals surface area (Å²) in [7, 11) is 0. The zero-order chi connectivity index (χ0) is 15.0. The summed E-state index contributed by atoms with van der Waals surface area (Å²) in [4.78, 5) is 1.73. The van der Waals surface area contributed by atoms with Crippen molar-refractivity contribution in [2.24, 2.45) is 0 Å². The third-order valence-electron chi connectivity index (χ3n) is 2.94. The summed E-state index contributed by atoms with van der Waals surface area (Å²) in [5.74, 6) is 0. The minimum Gasteiger partial charge on any atom is -0.299 e. The van der Waals surface area contributed by atoms with E-state index in [4.69, 9.17) is 6.42 Å². The molecule has 0 unspecified atom stereocenters. The van der Waals surface area contributed by atoms with Crippen molar-refractivity contribution in [1.82, 2.24) is 4.90 Å². The van der Waals surface area contributed by atoms with Gasteiger partial charge in [0.2, 0.25) is 0 Å². The van der Waals surface area contributed by atoms with E-state index in [1.165, 1.54) is 11.1 Å². The second-order valence-corrected chi connectivity index (χ2v) is 4.43. The van der Waals surface area contributed by atoms with Crippen molar-refractivity contribution in [2.75, 3.05) is 6.54 Å². The Hall–Kier alpha value is -2.46. The van der Waals surface area contributed by atoms with Gasteiger partial charge in [-0.2, -0.15) is 0 Å². The van der Waals surface area contributed by atoms with Gasteiger partial charge in [-0.3, -0.25) is 4.90 Å². The number of terminal acetylenes is 1. The van der Waals surface area contributed by atoms with Crippen LogP contribution >= 0.6 is 0 Å². The molecule has 0 saturated heterocycles. The van der Waals surface area contributed by atoms with E-state index < -0.39 is 0 Å². The highest BCUT2D eigenvalue weighted by atomic mass is 15.1. The lowest BCUT2D eigenvalue weighted by molar-refractivity contribution is 0.568. The summed E-state index contributed by atoms with van der Waals surface area (Å²) in [5, 5.41) is 0. The van der Waals surface area contributed by atoms with Gasteiger partial charge in [-0.05, 0) is 36.6 Å². The van der Waals surface area contributed by atoms with Crippen molar-refractivity contribution >= 4 is 5.57 Å². The molecular formula is C19H21N. The summed E-state index contributed by atoms with van der Waals surface area (Å²) in [6.45, 7) is 12.4. The van der Waals surface area contributed by atoms with E-state index in [9.17, 15) is 0 Å². The summed E-state index contributed by atoms with van der Waals surface area (Å²) < 4.78 is 0. The van der Waals surface area contributed by atoms with Gasteiger partial charge in [0.1, 0.15) is 0 Å². The Labute approximate surface area is 122 Å². The van der Waals surface area contributed by atoms with E-state index in [-0.39, 0.29) is 0 Å². The molecule has 1 heteroatoms. The number of hydrogen-bond donors (Lipinski definition) is 0. The highest BCUT2D eigenvalue weighted by Crippen LogP contribution is 2.22. The number of rotatable bonds is 6. The molecular weight excluding hydrogens is 242 g/mol. The van der Waals surface area contributed by atoms with Gasteiger partial charge in [-0.15, -0.1) is 6.58 Å². The summed E-state index contributed by atoms with van der Waals surface area (Å²) in [5.41, 5.74) is 4.28. The van der Waals surface area contributed by atoms with Crippen LogP contribution in [0.25, 0.3) is 5.57 Å². The molecule has 20 heavy (non-hydrogen) atoms. The first-order chi connectivity index (χ1) is 9.63. The van der Waals surface area contributed by atoms with Gasteiger partial charge in [-0.1, -0.05) is 55.5 Å². The predicted molar refractivity (Wildman–Crippen MR) is 88.8 cm³/mol. The van der Waals surface area contributed by atoms with Crippen LogP contribution in [-0.2, 0) is 0 Å². The minimum atomic E-state index is 0.586. The van der Waals surface area contributed by atoms with E-state index in [1.54, 1.807) is 11.0 Å². The molecule has 1 rings (SSSR count). The first-order valence-corrected chi connectivity index (χ1v) is 6.58. The second kappa shape index (κ2) is 7.86. The summed E-state index contributed by atoms with van der Waals surface area (Å²) >= 11 is 0. The first-order valence-electron chi connectivity index (χ1n) is 6.58. The van der Waals surface area contributed by atoms with Crippen LogP contribution in [0.5, 0.6) is 0 Å². The molecule has 0 aliphatic carbocycles. The molecule has 0 N–H and O–H groups in total. The van der Waals surface area contributed by atoms with Crippen LogP contribution < -0.4 is 0 Å². The van der Waals surface area contributed by atoms with Gasteiger partial charge in [0, 0.05) is 18.3 Å². The summed E-state index contributed by atoms with van der Waals surface area (Å²) in [6.07, 6.45) is 13.3. The molecule has 1 nitrogen and oxygen atoms in total. The predicted octanol–water partition coefficient (Wildman–Crippen LogP) is 4.55. The fourth-order valence-corrected chi connectivity index (χ4v) is 1.93. The Kier molecular flexibility index (Phi) is 6.13. The number of allylic oxidation sites excluding steroid dienone is 4. The Balaban J connectivity index is 3.18. The maximum absolute atomic E-state index is 5.50. The van der Waals surface area contributed by atoms with E-state index in [0.29, 0.717) is 6.54 Å². The van der Waals surface area contributed by atoms with Crippen LogP contribution in [0.15, 0.2) is 67.4 Å². The number of benzene rings is 1. The molecule has 1 aromatic carbocycles. The van der Waals surface area contributed by atoms with Crippen molar-refractivity contribution in [3.63, 3.8) is 0 Å². The lowest BCUT2D eigenvalue weighted by atomic mass is 9.99. The zero-order valence-corrected chi connectivity index (χ0v) is 12.3. The molecule has 0 spiro atoms. The van der Waals surface area contributed by atoms with Gasteiger partial charge in [-0.25, -0.2) is 0 Å². The largest absolute Gasteiger partial charge is 0.299 e. The molecule has 0 aliphatic rings. The van der Waals surface area contributed by atoms with Crippen LogP contribution in [0.2, 0.25) is 0 Å². The van der Waals surface area contributed by atoms with Crippen LogP contribution in [0.3, 0.4) is 0 Å². The van der Waals surface area contributed by atoms with Crippen LogP contribution in [0, 0.1) is 19.4 Å². The molecule has 0 bridgehead atoms. The van der Waals surface area contributed by atoms with Gasteiger partial charge < -0.3 is 0 Å². The van der Waals surface area contributed by atoms with Gasteiger partial charge >= 0.3 is 0 Å². The van der Waals surface area contributed by atoms with Crippen molar-refractivity contribution in [3.05, 3.63) is 78.6 Å². The van der Waals surface area contributed by atoms with Crippen LogP contribution in [-0.4, -0.2) is 11.4 Å². The van der Waals surface area contributed by atoms with Gasteiger partial charge in [0.05, 0.1) is 0 Å². The quantitative estimate of drug-likeness (QED) is 0.315.